The van der Waals surface area contributed by atoms with Crippen molar-refractivity contribution in [2.24, 2.45) is 5.92 Å². The molecular formula is C15H22ClNO2. The van der Waals surface area contributed by atoms with Gasteiger partial charge in [0.05, 0.1) is 13.2 Å². The molecule has 1 fully saturated rings. The molecule has 1 N–H and O–H groups in total. The van der Waals surface area contributed by atoms with Crippen LogP contribution in [0.15, 0.2) is 18.2 Å². The highest BCUT2D eigenvalue weighted by atomic mass is 35.5. The van der Waals surface area contributed by atoms with Crippen molar-refractivity contribution in [1.29, 1.82) is 0 Å². The molecule has 0 saturated carbocycles. The van der Waals surface area contributed by atoms with Crippen LogP contribution in [-0.4, -0.2) is 26.4 Å². The number of halogens is 1. The molecular weight excluding hydrogens is 262 g/mol. The first-order valence-corrected chi connectivity index (χ1v) is 7.23. The molecule has 1 aliphatic heterocycles. The quantitative estimate of drug-likeness (QED) is 0.898. The lowest BCUT2D eigenvalue weighted by Gasteiger charge is -2.28. The number of benzene rings is 1. The molecule has 1 saturated heterocycles. The normalized spacial score (nSPS) is 24.4. The summed E-state index contributed by atoms with van der Waals surface area (Å²) in [5.41, 5.74) is 1.13. The number of rotatable bonds is 5. The van der Waals surface area contributed by atoms with Gasteiger partial charge in [-0.25, -0.2) is 0 Å². The highest BCUT2D eigenvalue weighted by Crippen LogP contribution is 2.37. The van der Waals surface area contributed by atoms with E-state index in [0.29, 0.717) is 5.92 Å². The van der Waals surface area contributed by atoms with E-state index in [9.17, 15) is 0 Å². The monoisotopic (exact) mass is 283 g/mol. The van der Waals surface area contributed by atoms with E-state index >= 15 is 0 Å². The van der Waals surface area contributed by atoms with Crippen molar-refractivity contribution in [2.45, 2.75) is 32.4 Å². The summed E-state index contributed by atoms with van der Waals surface area (Å²) in [6.45, 7) is 6.00. The topological polar surface area (TPSA) is 30.5 Å². The van der Waals surface area contributed by atoms with E-state index in [2.05, 4.69) is 25.2 Å². The maximum atomic E-state index is 6.40. The molecule has 1 heterocycles. The summed E-state index contributed by atoms with van der Waals surface area (Å²) in [6.07, 6.45) is 1.34. The van der Waals surface area contributed by atoms with Crippen molar-refractivity contribution in [2.75, 3.05) is 20.3 Å². The van der Waals surface area contributed by atoms with E-state index in [1.54, 1.807) is 7.11 Å². The Bertz CT molecular complexity index is 425. The van der Waals surface area contributed by atoms with E-state index in [1.165, 1.54) is 0 Å². The molecule has 0 amide bonds. The highest BCUT2D eigenvalue weighted by molar-refractivity contribution is 6.31. The average molecular weight is 284 g/mol. The van der Waals surface area contributed by atoms with E-state index in [0.717, 1.165) is 35.9 Å². The van der Waals surface area contributed by atoms with Crippen molar-refractivity contribution in [3.8, 4) is 5.75 Å². The van der Waals surface area contributed by atoms with Gasteiger partial charge in [0, 0.05) is 23.6 Å². The molecule has 106 valence electrons. The molecule has 0 spiro atoms. The Hall–Kier alpha value is -0.770. The summed E-state index contributed by atoms with van der Waals surface area (Å²) in [4.78, 5) is 0. The van der Waals surface area contributed by atoms with E-state index < -0.39 is 0 Å². The lowest BCUT2D eigenvalue weighted by Crippen LogP contribution is -2.32. The Morgan fingerprint density at radius 1 is 1.53 bits per heavy atom. The molecule has 19 heavy (non-hydrogen) atoms. The number of nitrogens with one attached hydrogen (secondary N) is 1. The van der Waals surface area contributed by atoms with Crippen LogP contribution in [-0.2, 0) is 4.74 Å². The second kappa shape index (κ2) is 6.60. The molecule has 3 nitrogen and oxygen atoms in total. The second-order valence-electron chi connectivity index (χ2n) is 4.95. The molecule has 3 unspecified atom stereocenters. The number of ether oxygens (including phenoxy) is 2. The maximum absolute atomic E-state index is 6.40. The summed E-state index contributed by atoms with van der Waals surface area (Å²) in [6, 6.07) is 6.13. The molecule has 0 radical (unpaired) electrons. The van der Waals surface area contributed by atoms with E-state index in [4.69, 9.17) is 21.1 Å². The molecule has 1 aromatic carbocycles. The van der Waals surface area contributed by atoms with Gasteiger partial charge in [0.1, 0.15) is 5.75 Å². The van der Waals surface area contributed by atoms with Crippen molar-refractivity contribution in [1.82, 2.24) is 5.32 Å². The summed E-state index contributed by atoms with van der Waals surface area (Å²) in [5, 5.41) is 4.30. The fourth-order valence-corrected chi connectivity index (χ4v) is 3.07. The first-order chi connectivity index (χ1) is 9.17. The van der Waals surface area contributed by atoms with Crippen molar-refractivity contribution < 1.29 is 9.47 Å². The minimum atomic E-state index is 0.237. The standard InChI is InChI=1S/C15H22ClNO2/c1-4-17-15(12-7-8-19-10(12)2)13-6-5-11(18-3)9-14(13)16/h5-6,9-10,12,15,17H,4,7-8H2,1-3H3. The van der Waals surface area contributed by atoms with Crippen LogP contribution in [0, 0.1) is 5.92 Å². The summed E-state index contributed by atoms with van der Waals surface area (Å²) in [7, 11) is 1.65. The Morgan fingerprint density at radius 2 is 2.32 bits per heavy atom. The third kappa shape index (κ3) is 3.22. The van der Waals surface area contributed by atoms with Gasteiger partial charge in [-0.05, 0) is 37.6 Å². The van der Waals surface area contributed by atoms with Crippen LogP contribution >= 0.6 is 11.6 Å². The SMILES string of the molecule is CCNC(c1ccc(OC)cc1Cl)C1CCOC1C. The van der Waals surface area contributed by atoms with E-state index in [-0.39, 0.29) is 12.1 Å². The van der Waals surface area contributed by atoms with E-state index in [1.807, 2.05) is 12.1 Å². The van der Waals surface area contributed by atoms with Gasteiger partial charge in [-0.3, -0.25) is 0 Å². The molecule has 4 heteroatoms. The van der Waals surface area contributed by atoms with Crippen molar-refractivity contribution >= 4 is 11.6 Å². The minimum Gasteiger partial charge on any atom is -0.497 e. The van der Waals surface area contributed by atoms with Gasteiger partial charge in [-0.2, -0.15) is 0 Å². The Kier molecular flexibility index (Phi) is 5.08. The summed E-state index contributed by atoms with van der Waals surface area (Å²) < 4.78 is 10.9. The molecule has 1 aliphatic rings. The zero-order valence-corrected chi connectivity index (χ0v) is 12.5. The van der Waals surface area contributed by atoms with Gasteiger partial charge in [-0.1, -0.05) is 24.6 Å². The van der Waals surface area contributed by atoms with Gasteiger partial charge in [0.15, 0.2) is 0 Å². The third-order valence-corrected chi connectivity index (χ3v) is 4.16. The Balaban J connectivity index is 2.28. The fourth-order valence-electron chi connectivity index (χ4n) is 2.78. The largest absolute Gasteiger partial charge is 0.497 e. The average Bonchev–Trinajstić information content (AvgIpc) is 2.82. The molecule has 0 aromatic heterocycles. The van der Waals surface area contributed by atoms with Gasteiger partial charge >= 0.3 is 0 Å². The first kappa shape index (κ1) is 14.6. The van der Waals surface area contributed by atoms with Gasteiger partial charge in [-0.15, -0.1) is 0 Å². The zero-order chi connectivity index (χ0) is 13.8. The number of methoxy groups -OCH3 is 1. The first-order valence-electron chi connectivity index (χ1n) is 6.85. The van der Waals surface area contributed by atoms with Crippen molar-refractivity contribution in [3.05, 3.63) is 28.8 Å². The zero-order valence-electron chi connectivity index (χ0n) is 11.8. The summed E-state index contributed by atoms with van der Waals surface area (Å²) in [5.74, 6) is 1.26. The lowest BCUT2D eigenvalue weighted by atomic mass is 9.88. The molecule has 1 aromatic rings. The van der Waals surface area contributed by atoms with Crippen LogP contribution in [0.4, 0.5) is 0 Å². The second-order valence-corrected chi connectivity index (χ2v) is 5.36. The van der Waals surface area contributed by atoms with Crippen LogP contribution in [0.1, 0.15) is 31.9 Å². The smallest absolute Gasteiger partial charge is 0.120 e. The van der Waals surface area contributed by atoms with Crippen LogP contribution in [0.5, 0.6) is 5.75 Å². The van der Waals surface area contributed by atoms with Gasteiger partial charge in [0.25, 0.3) is 0 Å². The van der Waals surface area contributed by atoms with Crippen LogP contribution in [0.3, 0.4) is 0 Å². The van der Waals surface area contributed by atoms with Gasteiger partial charge < -0.3 is 14.8 Å². The predicted octanol–water partition coefficient (Wildman–Crippen LogP) is 3.42. The van der Waals surface area contributed by atoms with Gasteiger partial charge in [0.2, 0.25) is 0 Å². The lowest BCUT2D eigenvalue weighted by molar-refractivity contribution is 0.0956. The van der Waals surface area contributed by atoms with Crippen LogP contribution < -0.4 is 10.1 Å². The third-order valence-electron chi connectivity index (χ3n) is 3.83. The maximum Gasteiger partial charge on any atom is 0.120 e. The molecule has 2 rings (SSSR count). The predicted molar refractivity (Wildman–Crippen MR) is 77.9 cm³/mol. The van der Waals surface area contributed by atoms with Crippen LogP contribution in [0.2, 0.25) is 5.02 Å². The number of hydrogen-bond acceptors (Lipinski definition) is 3. The highest BCUT2D eigenvalue weighted by Gasteiger charge is 2.33. The van der Waals surface area contributed by atoms with Crippen LogP contribution in [0.25, 0.3) is 0 Å². The van der Waals surface area contributed by atoms with Crippen molar-refractivity contribution in [3.63, 3.8) is 0 Å². The Labute approximate surface area is 120 Å². The minimum absolute atomic E-state index is 0.237. The molecule has 3 atom stereocenters. The Morgan fingerprint density at radius 3 is 2.84 bits per heavy atom. The fraction of sp³-hybridized carbons (Fsp3) is 0.600. The summed E-state index contributed by atoms with van der Waals surface area (Å²) >= 11 is 6.40. The molecule has 0 aliphatic carbocycles. The molecule has 0 bridgehead atoms. The number of hydrogen-bond donors (Lipinski definition) is 1.